The average molecular weight is 386 g/mol. The van der Waals surface area contributed by atoms with E-state index >= 15 is 0 Å². The van der Waals surface area contributed by atoms with Crippen molar-refractivity contribution in [3.05, 3.63) is 35.5 Å². The molecule has 1 unspecified atom stereocenters. The highest BCUT2D eigenvalue weighted by molar-refractivity contribution is 6.20. The molecule has 148 valence electrons. The second-order valence-electron chi connectivity index (χ2n) is 6.91. The number of ether oxygens (including phenoxy) is 1. The van der Waals surface area contributed by atoms with Gasteiger partial charge in [-0.3, -0.25) is 14.6 Å². The van der Waals surface area contributed by atoms with Gasteiger partial charge >= 0.3 is 12.0 Å². The molecule has 2 aliphatic heterocycles. The van der Waals surface area contributed by atoms with Gasteiger partial charge in [-0.05, 0) is 32.9 Å². The quantitative estimate of drug-likeness (QED) is 0.557. The lowest BCUT2D eigenvalue weighted by atomic mass is 10.1. The molecule has 0 N–H and O–H groups in total. The Labute approximate surface area is 162 Å². The minimum absolute atomic E-state index is 0.223. The minimum atomic E-state index is -0.643. The van der Waals surface area contributed by atoms with Crippen LogP contribution in [0.2, 0.25) is 0 Å². The van der Waals surface area contributed by atoms with Crippen LogP contribution in [0.15, 0.2) is 27.8 Å². The maximum Gasteiger partial charge on any atom is 0.402 e. The average Bonchev–Trinajstić information content (AvgIpc) is 3.37. The number of rotatable bonds is 6. The van der Waals surface area contributed by atoms with Crippen molar-refractivity contribution in [2.75, 3.05) is 26.8 Å². The van der Waals surface area contributed by atoms with Gasteiger partial charge < -0.3 is 9.15 Å². The Hall–Kier alpha value is -2.94. The van der Waals surface area contributed by atoms with Gasteiger partial charge in [0.2, 0.25) is 11.9 Å². The second kappa shape index (κ2) is 6.90. The highest BCUT2D eigenvalue weighted by Gasteiger charge is 2.54. The maximum absolute atomic E-state index is 13.2. The molecule has 4 heterocycles. The molecule has 0 spiro atoms. The van der Waals surface area contributed by atoms with Crippen molar-refractivity contribution in [1.29, 1.82) is 0 Å². The molecule has 2 aromatic heterocycles. The van der Waals surface area contributed by atoms with Crippen LogP contribution in [-0.2, 0) is 16.1 Å². The first kappa shape index (κ1) is 18.4. The van der Waals surface area contributed by atoms with E-state index in [-0.39, 0.29) is 18.5 Å². The van der Waals surface area contributed by atoms with Crippen molar-refractivity contribution >= 4 is 23.7 Å². The largest absolute Gasteiger partial charge is 0.466 e. The Kier molecular flexibility index (Phi) is 4.54. The summed E-state index contributed by atoms with van der Waals surface area (Å²) in [7, 11) is 1.65. The van der Waals surface area contributed by atoms with E-state index < -0.39 is 6.04 Å². The number of carbonyl (C=O) groups is 2. The SMILES string of the molecule is CCOCCN1C(=O)C2C(=Nc3n2c(C)c(C)[n+]3Cc2ccco2)N(C)C1=O. The zero-order chi connectivity index (χ0) is 20.0. The third-order valence-corrected chi connectivity index (χ3v) is 5.38. The lowest BCUT2D eigenvalue weighted by Gasteiger charge is -2.33. The summed E-state index contributed by atoms with van der Waals surface area (Å²) in [5.74, 6) is 1.62. The lowest BCUT2D eigenvalue weighted by molar-refractivity contribution is -0.682. The first-order valence-electron chi connectivity index (χ1n) is 9.34. The number of hydrogen-bond donors (Lipinski definition) is 0. The summed E-state index contributed by atoms with van der Waals surface area (Å²) in [6.07, 6.45) is 1.63. The Bertz CT molecular complexity index is 960. The fourth-order valence-electron chi connectivity index (χ4n) is 3.76. The summed E-state index contributed by atoms with van der Waals surface area (Å²) < 4.78 is 14.7. The van der Waals surface area contributed by atoms with E-state index in [1.165, 1.54) is 9.80 Å². The fraction of sp³-hybridized carbons (Fsp3) is 0.474. The molecule has 0 aliphatic carbocycles. The first-order chi connectivity index (χ1) is 13.5. The summed E-state index contributed by atoms with van der Waals surface area (Å²) >= 11 is 0. The number of imidazole rings is 1. The molecule has 0 bridgehead atoms. The van der Waals surface area contributed by atoms with Crippen molar-refractivity contribution < 1.29 is 23.3 Å². The van der Waals surface area contributed by atoms with Gasteiger partial charge in [0.05, 0.1) is 19.4 Å². The number of furan rings is 1. The molecule has 9 heteroatoms. The number of imide groups is 1. The molecule has 4 rings (SSSR count). The summed E-state index contributed by atoms with van der Waals surface area (Å²) in [5, 5.41) is 0. The molecule has 1 fully saturated rings. The highest BCUT2D eigenvalue weighted by Crippen LogP contribution is 2.35. The van der Waals surface area contributed by atoms with Gasteiger partial charge in [0, 0.05) is 13.7 Å². The molecule has 3 amide bonds. The van der Waals surface area contributed by atoms with Crippen molar-refractivity contribution in [3.8, 4) is 0 Å². The van der Waals surface area contributed by atoms with E-state index in [4.69, 9.17) is 9.15 Å². The molecule has 0 saturated carbocycles. The molecular formula is C19H24N5O4+. The van der Waals surface area contributed by atoms with E-state index in [1.807, 2.05) is 42.0 Å². The number of amidine groups is 1. The van der Waals surface area contributed by atoms with Crippen LogP contribution in [-0.4, -0.2) is 58.9 Å². The number of fused-ring (bicyclic) bond motifs is 3. The summed E-state index contributed by atoms with van der Waals surface area (Å²) in [5.41, 5.74) is 1.94. The Morgan fingerprint density at radius 3 is 2.79 bits per heavy atom. The lowest BCUT2D eigenvalue weighted by Crippen LogP contribution is -2.58. The second-order valence-corrected chi connectivity index (χ2v) is 6.91. The minimum Gasteiger partial charge on any atom is -0.466 e. The van der Waals surface area contributed by atoms with Gasteiger partial charge in [0.1, 0.15) is 23.7 Å². The Morgan fingerprint density at radius 2 is 2.11 bits per heavy atom. The van der Waals surface area contributed by atoms with Crippen LogP contribution in [0.25, 0.3) is 0 Å². The summed E-state index contributed by atoms with van der Waals surface area (Å²) in [4.78, 5) is 33.3. The number of hydrogen-bond acceptors (Lipinski definition) is 5. The Morgan fingerprint density at radius 1 is 1.32 bits per heavy atom. The topological polar surface area (TPSA) is 84.2 Å². The molecule has 28 heavy (non-hydrogen) atoms. The maximum atomic E-state index is 13.2. The van der Waals surface area contributed by atoms with Crippen LogP contribution in [0, 0.1) is 13.8 Å². The van der Waals surface area contributed by atoms with Gasteiger partial charge in [0.25, 0.3) is 5.91 Å². The van der Waals surface area contributed by atoms with E-state index in [0.29, 0.717) is 31.5 Å². The van der Waals surface area contributed by atoms with Crippen molar-refractivity contribution in [2.24, 2.45) is 4.99 Å². The van der Waals surface area contributed by atoms with Crippen LogP contribution >= 0.6 is 0 Å². The molecule has 0 aromatic carbocycles. The monoisotopic (exact) mass is 386 g/mol. The third kappa shape index (κ3) is 2.65. The molecule has 9 nitrogen and oxygen atoms in total. The summed E-state index contributed by atoms with van der Waals surface area (Å²) in [6, 6.07) is 2.72. The molecule has 0 radical (unpaired) electrons. The smallest absolute Gasteiger partial charge is 0.402 e. The van der Waals surface area contributed by atoms with Gasteiger partial charge in [0.15, 0.2) is 0 Å². The molecular weight excluding hydrogens is 362 g/mol. The van der Waals surface area contributed by atoms with Gasteiger partial charge in [-0.1, -0.05) is 4.99 Å². The number of carbonyl (C=O) groups excluding carboxylic acids is 2. The molecule has 2 aromatic rings. The van der Waals surface area contributed by atoms with E-state index in [1.54, 1.807) is 13.3 Å². The van der Waals surface area contributed by atoms with E-state index in [2.05, 4.69) is 4.99 Å². The predicted octanol–water partition coefficient (Wildman–Crippen LogP) is 1.55. The number of nitrogens with zero attached hydrogens (tertiary/aromatic N) is 5. The van der Waals surface area contributed by atoms with E-state index in [0.717, 1.165) is 17.1 Å². The number of aliphatic imine (C=N–C) groups is 1. The van der Waals surface area contributed by atoms with Crippen LogP contribution in [0.1, 0.15) is 30.1 Å². The summed E-state index contributed by atoms with van der Waals surface area (Å²) in [6.45, 7) is 7.42. The number of aromatic nitrogens is 2. The van der Waals surface area contributed by atoms with Crippen LogP contribution in [0.4, 0.5) is 10.7 Å². The number of amides is 3. The van der Waals surface area contributed by atoms with E-state index in [9.17, 15) is 9.59 Å². The van der Waals surface area contributed by atoms with Crippen molar-refractivity contribution in [2.45, 2.75) is 33.4 Å². The Balaban J connectivity index is 1.74. The van der Waals surface area contributed by atoms with Crippen molar-refractivity contribution in [1.82, 2.24) is 14.4 Å². The van der Waals surface area contributed by atoms with Gasteiger partial charge in [-0.25, -0.2) is 13.9 Å². The fourth-order valence-corrected chi connectivity index (χ4v) is 3.76. The zero-order valence-electron chi connectivity index (χ0n) is 16.5. The number of likely N-dealkylation sites (N-methyl/N-ethyl adjacent to an activating group) is 1. The van der Waals surface area contributed by atoms with Crippen LogP contribution in [0.3, 0.4) is 0 Å². The zero-order valence-corrected chi connectivity index (χ0v) is 16.5. The third-order valence-electron chi connectivity index (χ3n) is 5.38. The van der Waals surface area contributed by atoms with Crippen molar-refractivity contribution in [3.63, 3.8) is 0 Å². The molecule has 2 aliphatic rings. The number of urea groups is 1. The standard InChI is InChI=1S/C19H24N5O4/c1-5-27-10-8-22-17(25)15-16(21(4)19(22)26)20-18-23(11-14-7-6-9-28-14)12(2)13(3)24(15)18/h6-7,9,15H,5,8,10-11H2,1-4H3/q+1. The van der Waals surface area contributed by atoms with Crippen LogP contribution in [0.5, 0.6) is 0 Å². The molecule has 1 saturated heterocycles. The normalized spacial score (nSPS) is 18.6. The van der Waals surface area contributed by atoms with Gasteiger partial charge in [-0.2, -0.15) is 0 Å². The first-order valence-corrected chi connectivity index (χ1v) is 9.34. The molecule has 1 atom stereocenters. The van der Waals surface area contributed by atoms with Gasteiger partial charge in [-0.15, -0.1) is 0 Å². The van der Waals surface area contributed by atoms with Crippen LogP contribution < -0.4 is 4.57 Å². The predicted molar refractivity (Wildman–Crippen MR) is 99.4 cm³/mol. The highest BCUT2D eigenvalue weighted by atomic mass is 16.5.